The van der Waals surface area contributed by atoms with Crippen LogP contribution in [0.15, 0.2) is 24.3 Å². The Kier molecular flexibility index (Phi) is 4.17. The molecule has 1 aromatic rings. The molecule has 0 spiro atoms. The summed E-state index contributed by atoms with van der Waals surface area (Å²) in [6.07, 6.45) is 0. The molecule has 0 aliphatic carbocycles. The summed E-state index contributed by atoms with van der Waals surface area (Å²) in [5.41, 5.74) is 0.532. The molecule has 1 atom stereocenters. The lowest BCUT2D eigenvalue weighted by Crippen LogP contribution is -2.47. The minimum atomic E-state index is -0.588. The number of carbonyl (C=O) groups excluding carboxylic acids is 3. The van der Waals surface area contributed by atoms with E-state index in [-0.39, 0.29) is 11.1 Å². The maximum absolute atomic E-state index is 12.2. The highest BCUT2D eigenvalue weighted by Gasteiger charge is 2.39. The Morgan fingerprint density at radius 1 is 1.14 bits per heavy atom. The number of thioether (sulfide) groups is 1. The maximum Gasteiger partial charge on any atom is 0.349 e. The Morgan fingerprint density at radius 2 is 1.68 bits per heavy atom. The van der Waals surface area contributed by atoms with E-state index in [1.807, 2.05) is 16.7 Å². The van der Waals surface area contributed by atoms with E-state index < -0.39 is 23.8 Å². The third-order valence-electron chi connectivity index (χ3n) is 3.87. The third kappa shape index (κ3) is 2.62. The van der Waals surface area contributed by atoms with E-state index in [1.165, 1.54) is 0 Å². The quantitative estimate of drug-likeness (QED) is 0.779. The molecule has 1 saturated heterocycles. The minimum Gasteiger partial charge on any atom is -0.328 e. The van der Waals surface area contributed by atoms with Gasteiger partial charge in [0.05, 0.1) is 11.1 Å². The van der Waals surface area contributed by atoms with Gasteiger partial charge in [0.25, 0.3) is 11.8 Å². The van der Waals surface area contributed by atoms with Gasteiger partial charge in [-0.2, -0.15) is 11.8 Å². The Bertz CT molecular complexity index is 593. The highest BCUT2D eigenvalue weighted by Crippen LogP contribution is 2.23. The topological polar surface area (TPSA) is 66.9 Å². The monoisotopic (exact) mass is 320 g/mol. The minimum absolute atomic E-state index is 0.266. The van der Waals surface area contributed by atoms with Crippen molar-refractivity contribution in [3.05, 3.63) is 35.4 Å². The van der Waals surface area contributed by atoms with Crippen molar-refractivity contribution in [2.75, 3.05) is 24.6 Å². The number of nitrogens with zero attached hydrogens (tertiary/aromatic N) is 2. The molecule has 22 heavy (non-hydrogen) atoms. The van der Waals surface area contributed by atoms with Gasteiger partial charge in [0.1, 0.15) is 6.04 Å². The van der Waals surface area contributed by atoms with Gasteiger partial charge < -0.3 is 4.84 Å². The lowest BCUT2D eigenvalue weighted by atomic mass is 10.1. The van der Waals surface area contributed by atoms with E-state index in [0.29, 0.717) is 5.06 Å². The van der Waals surface area contributed by atoms with E-state index in [4.69, 9.17) is 4.84 Å². The summed E-state index contributed by atoms with van der Waals surface area (Å²) in [5, 5.41) is 0.572. The fourth-order valence-corrected chi connectivity index (χ4v) is 3.46. The molecule has 0 N–H and O–H groups in total. The molecular formula is C15H16N2O4S. The predicted octanol–water partition coefficient (Wildman–Crippen LogP) is 1.18. The predicted molar refractivity (Wildman–Crippen MR) is 81.4 cm³/mol. The van der Waals surface area contributed by atoms with Gasteiger partial charge in [-0.3, -0.25) is 14.5 Å². The van der Waals surface area contributed by atoms with Crippen molar-refractivity contribution >= 4 is 29.5 Å². The molecule has 0 bridgehead atoms. The lowest BCUT2D eigenvalue weighted by Gasteiger charge is -2.30. The summed E-state index contributed by atoms with van der Waals surface area (Å²) < 4.78 is 0. The van der Waals surface area contributed by atoms with Crippen LogP contribution in [-0.4, -0.2) is 58.4 Å². The molecule has 3 rings (SSSR count). The number of rotatable bonds is 3. The average molecular weight is 320 g/mol. The van der Waals surface area contributed by atoms with Crippen LogP contribution in [0.5, 0.6) is 0 Å². The number of benzene rings is 1. The van der Waals surface area contributed by atoms with Crippen LogP contribution in [-0.2, 0) is 9.63 Å². The number of hydrogen-bond donors (Lipinski definition) is 0. The van der Waals surface area contributed by atoms with Crippen LogP contribution in [0.4, 0.5) is 0 Å². The molecule has 1 aromatic carbocycles. The van der Waals surface area contributed by atoms with Gasteiger partial charge in [0.2, 0.25) is 0 Å². The highest BCUT2D eigenvalue weighted by atomic mass is 32.2. The van der Waals surface area contributed by atoms with Crippen molar-refractivity contribution in [3.8, 4) is 0 Å². The molecule has 2 amide bonds. The van der Waals surface area contributed by atoms with E-state index in [2.05, 4.69) is 0 Å². The lowest BCUT2D eigenvalue weighted by molar-refractivity contribution is -0.174. The van der Waals surface area contributed by atoms with Crippen molar-refractivity contribution < 1.29 is 19.2 Å². The molecule has 2 aliphatic rings. The molecule has 0 saturated carbocycles. The number of carbonyl (C=O) groups is 3. The van der Waals surface area contributed by atoms with Gasteiger partial charge in [-0.15, -0.1) is 0 Å². The molecule has 6 nitrogen and oxygen atoms in total. The van der Waals surface area contributed by atoms with E-state index in [9.17, 15) is 14.4 Å². The molecular weight excluding hydrogens is 304 g/mol. The molecule has 116 valence electrons. The number of fused-ring (bicyclic) bond motifs is 1. The fourth-order valence-electron chi connectivity index (χ4n) is 2.53. The van der Waals surface area contributed by atoms with Gasteiger partial charge in [-0.05, 0) is 19.1 Å². The van der Waals surface area contributed by atoms with Gasteiger partial charge in [-0.1, -0.05) is 17.2 Å². The summed E-state index contributed by atoms with van der Waals surface area (Å²) in [7, 11) is 0. The van der Waals surface area contributed by atoms with E-state index in [0.717, 1.165) is 24.6 Å². The van der Waals surface area contributed by atoms with Crippen LogP contribution in [0.3, 0.4) is 0 Å². The molecule has 1 unspecified atom stereocenters. The summed E-state index contributed by atoms with van der Waals surface area (Å²) in [6, 6.07) is 5.96. The first-order chi connectivity index (χ1) is 10.6. The van der Waals surface area contributed by atoms with Gasteiger partial charge in [0, 0.05) is 24.6 Å². The summed E-state index contributed by atoms with van der Waals surface area (Å²) in [5.74, 6) is 0.169. The van der Waals surface area contributed by atoms with Crippen LogP contribution in [0.1, 0.15) is 27.6 Å². The molecule has 2 heterocycles. The van der Waals surface area contributed by atoms with Crippen molar-refractivity contribution in [2.24, 2.45) is 0 Å². The van der Waals surface area contributed by atoms with Gasteiger partial charge >= 0.3 is 5.97 Å². The van der Waals surface area contributed by atoms with Crippen molar-refractivity contribution in [3.63, 3.8) is 0 Å². The smallest absolute Gasteiger partial charge is 0.328 e. The first-order valence-corrected chi connectivity index (χ1v) is 8.26. The number of hydroxylamine groups is 2. The summed E-state index contributed by atoms with van der Waals surface area (Å²) in [4.78, 5) is 43.6. The zero-order chi connectivity index (χ0) is 15.7. The zero-order valence-electron chi connectivity index (χ0n) is 12.2. The highest BCUT2D eigenvalue weighted by molar-refractivity contribution is 7.99. The van der Waals surface area contributed by atoms with Gasteiger partial charge in [-0.25, -0.2) is 4.79 Å². The van der Waals surface area contributed by atoms with E-state index in [1.54, 1.807) is 31.2 Å². The normalized spacial score (nSPS) is 20.0. The fraction of sp³-hybridized carbons (Fsp3) is 0.400. The number of amides is 2. The van der Waals surface area contributed by atoms with Crippen LogP contribution in [0.25, 0.3) is 0 Å². The second-order valence-electron chi connectivity index (χ2n) is 5.18. The maximum atomic E-state index is 12.2. The average Bonchev–Trinajstić information content (AvgIpc) is 2.80. The zero-order valence-corrected chi connectivity index (χ0v) is 13.0. The Morgan fingerprint density at radius 3 is 2.23 bits per heavy atom. The second-order valence-corrected chi connectivity index (χ2v) is 6.41. The van der Waals surface area contributed by atoms with Crippen LogP contribution in [0, 0.1) is 0 Å². The largest absolute Gasteiger partial charge is 0.349 e. The Labute approximate surface area is 132 Å². The number of hydrogen-bond acceptors (Lipinski definition) is 6. The van der Waals surface area contributed by atoms with Crippen molar-refractivity contribution in [2.45, 2.75) is 13.0 Å². The molecule has 0 aromatic heterocycles. The first-order valence-electron chi connectivity index (χ1n) is 7.11. The Hall–Kier alpha value is -1.86. The summed E-state index contributed by atoms with van der Waals surface area (Å²) >= 11 is 1.84. The molecule has 1 fully saturated rings. The first kappa shape index (κ1) is 15.1. The van der Waals surface area contributed by atoms with Crippen molar-refractivity contribution in [1.29, 1.82) is 0 Å². The molecule has 0 radical (unpaired) electrons. The summed E-state index contributed by atoms with van der Waals surface area (Å²) in [6.45, 7) is 3.32. The number of imide groups is 1. The molecule has 7 heteroatoms. The Balaban J connectivity index is 1.70. The SMILES string of the molecule is CC(C(=O)ON1C(=O)c2ccccc2C1=O)N1CCSCC1. The second kappa shape index (κ2) is 6.10. The van der Waals surface area contributed by atoms with Crippen LogP contribution >= 0.6 is 11.8 Å². The standard InChI is InChI=1S/C15H16N2O4S/c1-10(16-6-8-22-9-7-16)15(20)21-17-13(18)11-4-2-3-5-12(11)14(17)19/h2-5,10H,6-9H2,1H3. The van der Waals surface area contributed by atoms with Crippen LogP contribution < -0.4 is 0 Å². The van der Waals surface area contributed by atoms with Crippen LogP contribution in [0.2, 0.25) is 0 Å². The van der Waals surface area contributed by atoms with E-state index >= 15 is 0 Å². The molecule has 2 aliphatic heterocycles. The third-order valence-corrected chi connectivity index (χ3v) is 4.82. The van der Waals surface area contributed by atoms with Gasteiger partial charge in [0.15, 0.2) is 0 Å². The van der Waals surface area contributed by atoms with Crippen molar-refractivity contribution in [1.82, 2.24) is 9.96 Å².